The van der Waals surface area contributed by atoms with E-state index in [0.717, 1.165) is 18.7 Å². The lowest BCUT2D eigenvalue weighted by atomic mass is 9.94. The Kier molecular flexibility index (Phi) is 9.99. The standard InChI is InChI=1S/C30H41N5O4S.H2/c1-22(2)29(30(31)37)33-40(38,39)27-21-24(32-28(36)16-13-23-9-5-3-6-10-23)14-15-26(27)35-19-17-34(18-20-35)25-11-7-4-8-12-25;/h3,5-6,9-10,13-16,21-22,25,29,33H,4,7-8,11-12,17-20H2,1-2H3,(H2,31,37)(H,32,36);1H/b16-13+;. The molecule has 218 valence electrons. The first-order chi connectivity index (χ1) is 19.1. The zero-order valence-electron chi connectivity index (χ0n) is 23.4. The summed E-state index contributed by atoms with van der Waals surface area (Å²) < 4.78 is 29.9. The molecule has 2 aliphatic rings. The predicted octanol–water partition coefficient (Wildman–Crippen LogP) is 3.83. The Labute approximate surface area is 239 Å². The van der Waals surface area contributed by atoms with Gasteiger partial charge >= 0.3 is 0 Å². The van der Waals surface area contributed by atoms with Gasteiger partial charge < -0.3 is 16.0 Å². The number of primary amides is 1. The van der Waals surface area contributed by atoms with Crippen molar-refractivity contribution in [3.63, 3.8) is 0 Å². The predicted molar refractivity (Wildman–Crippen MR) is 161 cm³/mol. The van der Waals surface area contributed by atoms with E-state index in [2.05, 4.69) is 19.8 Å². The molecule has 2 amide bonds. The highest BCUT2D eigenvalue weighted by molar-refractivity contribution is 7.89. The van der Waals surface area contributed by atoms with Crippen LogP contribution >= 0.6 is 0 Å². The van der Waals surface area contributed by atoms with Crippen LogP contribution in [0.25, 0.3) is 6.08 Å². The summed E-state index contributed by atoms with van der Waals surface area (Å²) in [5.41, 5.74) is 7.28. The Bertz CT molecular complexity index is 1310. The number of nitrogens with zero attached hydrogens (tertiary/aromatic N) is 2. The number of hydrogen-bond donors (Lipinski definition) is 3. The fourth-order valence-corrected chi connectivity index (χ4v) is 7.12. The summed E-state index contributed by atoms with van der Waals surface area (Å²) in [6.45, 7) is 6.56. The van der Waals surface area contributed by atoms with Gasteiger partial charge in [-0.25, -0.2) is 8.42 Å². The molecule has 0 spiro atoms. The molecule has 0 bridgehead atoms. The van der Waals surface area contributed by atoms with Gasteiger partial charge in [-0.15, -0.1) is 0 Å². The molecule has 0 aromatic heterocycles. The molecule has 4 rings (SSSR count). The van der Waals surface area contributed by atoms with Gasteiger partial charge in [-0.3, -0.25) is 14.5 Å². The van der Waals surface area contributed by atoms with Crippen molar-refractivity contribution in [3.8, 4) is 0 Å². The van der Waals surface area contributed by atoms with Gasteiger partial charge in [0.05, 0.1) is 5.69 Å². The van der Waals surface area contributed by atoms with E-state index in [1.54, 1.807) is 32.1 Å². The lowest BCUT2D eigenvalue weighted by Gasteiger charge is -2.42. The molecular formula is C30H43N5O4S. The number of carbonyl (C=O) groups excluding carboxylic acids is 2. The molecule has 1 aliphatic carbocycles. The quantitative estimate of drug-likeness (QED) is 0.374. The molecule has 2 aromatic carbocycles. The van der Waals surface area contributed by atoms with E-state index in [1.807, 2.05) is 30.3 Å². The van der Waals surface area contributed by atoms with Crippen LogP contribution in [0.4, 0.5) is 11.4 Å². The third kappa shape index (κ3) is 7.71. The summed E-state index contributed by atoms with van der Waals surface area (Å²) >= 11 is 0. The van der Waals surface area contributed by atoms with Crippen LogP contribution in [0, 0.1) is 5.92 Å². The number of benzene rings is 2. The van der Waals surface area contributed by atoms with E-state index in [-0.39, 0.29) is 18.1 Å². The van der Waals surface area contributed by atoms with E-state index >= 15 is 0 Å². The maximum Gasteiger partial charge on any atom is 0.248 e. The van der Waals surface area contributed by atoms with E-state index in [0.29, 0.717) is 30.5 Å². The maximum atomic E-state index is 13.7. The van der Waals surface area contributed by atoms with Crippen LogP contribution in [0.2, 0.25) is 0 Å². The van der Waals surface area contributed by atoms with Crippen molar-refractivity contribution >= 4 is 39.3 Å². The summed E-state index contributed by atoms with van der Waals surface area (Å²) in [6.07, 6.45) is 9.38. The van der Waals surface area contributed by atoms with Gasteiger partial charge in [-0.05, 0) is 48.6 Å². The summed E-state index contributed by atoms with van der Waals surface area (Å²) in [7, 11) is -4.15. The summed E-state index contributed by atoms with van der Waals surface area (Å²) in [6, 6.07) is 13.9. The fourth-order valence-electron chi connectivity index (χ4n) is 5.52. The molecule has 1 heterocycles. The molecule has 0 radical (unpaired) electrons. The first kappa shape index (κ1) is 29.8. The molecule has 1 saturated heterocycles. The smallest absolute Gasteiger partial charge is 0.248 e. The van der Waals surface area contributed by atoms with Crippen molar-refractivity contribution in [2.45, 2.75) is 62.9 Å². The van der Waals surface area contributed by atoms with Crippen LogP contribution in [-0.2, 0) is 19.6 Å². The van der Waals surface area contributed by atoms with Crippen LogP contribution in [-0.4, -0.2) is 63.4 Å². The molecule has 2 fully saturated rings. The van der Waals surface area contributed by atoms with Crippen LogP contribution in [0.3, 0.4) is 0 Å². The van der Waals surface area contributed by atoms with Crippen LogP contribution in [0.15, 0.2) is 59.5 Å². The average Bonchev–Trinajstić information content (AvgIpc) is 2.96. The third-order valence-electron chi connectivity index (χ3n) is 7.74. The Morgan fingerprint density at radius 1 is 1.00 bits per heavy atom. The van der Waals surface area contributed by atoms with Crippen molar-refractivity contribution in [2.75, 3.05) is 36.4 Å². The molecule has 10 heteroatoms. The second kappa shape index (κ2) is 13.4. The maximum absolute atomic E-state index is 13.7. The Morgan fingerprint density at radius 3 is 2.30 bits per heavy atom. The van der Waals surface area contributed by atoms with E-state index in [4.69, 9.17) is 5.73 Å². The molecule has 9 nitrogen and oxygen atoms in total. The minimum Gasteiger partial charge on any atom is -0.368 e. The van der Waals surface area contributed by atoms with Gasteiger partial charge in [0.15, 0.2) is 0 Å². The summed E-state index contributed by atoms with van der Waals surface area (Å²) in [5, 5.41) is 2.77. The lowest BCUT2D eigenvalue weighted by molar-refractivity contribution is -0.120. The Hall–Kier alpha value is -3.21. The Balaban J connectivity index is 0.00000462. The molecule has 1 aliphatic heterocycles. The number of nitrogens with two attached hydrogens (primary N) is 1. The van der Waals surface area contributed by atoms with E-state index in [9.17, 15) is 18.0 Å². The highest BCUT2D eigenvalue weighted by Gasteiger charge is 2.32. The lowest BCUT2D eigenvalue weighted by Crippen LogP contribution is -2.51. The van der Waals surface area contributed by atoms with Crippen molar-refractivity contribution in [3.05, 3.63) is 60.2 Å². The van der Waals surface area contributed by atoms with Crippen molar-refractivity contribution in [1.82, 2.24) is 9.62 Å². The molecule has 1 unspecified atom stereocenters. The van der Waals surface area contributed by atoms with E-state index < -0.39 is 22.0 Å². The van der Waals surface area contributed by atoms with Gasteiger partial charge in [0.1, 0.15) is 10.9 Å². The van der Waals surface area contributed by atoms with Crippen LogP contribution in [0.1, 0.15) is 52.9 Å². The number of hydrogen-bond acceptors (Lipinski definition) is 6. The zero-order chi connectivity index (χ0) is 28.7. The Morgan fingerprint density at radius 2 is 1.68 bits per heavy atom. The number of anilines is 2. The number of sulfonamides is 1. The fraction of sp³-hybridized carbons (Fsp3) is 0.467. The molecule has 2 aromatic rings. The van der Waals surface area contributed by atoms with Crippen LogP contribution in [0.5, 0.6) is 0 Å². The topological polar surface area (TPSA) is 125 Å². The van der Waals surface area contributed by atoms with Gasteiger partial charge in [0.25, 0.3) is 0 Å². The van der Waals surface area contributed by atoms with Crippen molar-refractivity contribution in [1.29, 1.82) is 0 Å². The van der Waals surface area contributed by atoms with Gasteiger partial charge in [0, 0.05) is 45.4 Å². The second-order valence-electron chi connectivity index (χ2n) is 11.0. The average molecular weight is 570 g/mol. The van der Waals surface area contributed by atoms with Gasteiger partial charge in [0.2, 0.25) is 21.8 Å². The minimum atomic E-state index is -4.15. The van der Waals surface area contributed by atoms with E-state index in [1.165, 1.54) is 44.2 Å². The third-order valence-corrected chi connectivity index (χ3v) is 9.22. The van der Waals surface area contributed by atoms with Crippen molar-refractivity contribution < 1.29 is 19.4 Å². The SMILES string of the molecule is CC(C)C(NS(=O)(=O)c1cc(NC(=O)/C=C/c2ccccc2)ccc1N1CCN(C2CCCCC2)CC1)C(N)=O.[HH]. The normalized spacial score (nSPS) is 18.2. The summed E-state index contributed by atoms with van der Waals surface area (Å²) in [5.74, 6) is -1.45. The second-order valence-corrected chi connectivity index (χ2v) is 12.7. The molecule has 1 atom stereocenters. The number of carbonyl (C=O) groups is 2. The van der Waals surface area contributed by atoms with Crippen LogP contribution < -0.4 is 20.7 Å². The first-order valence-electron chi connectivity index (χ1n) is 14.1. The zero-order valence-corrected chi connectivity index (χ0v) is 24.2. The van der Waals surface area contributed by atoms with Gasteiger partial charge in [-0.1, -0.05) is 63.4 Å². The number of rotatable bonds is 10. The largest absolute Gasteiger partial charge is 0.368 e. The number of nitrogens with one attached hydrogen (secondary N) is 2. The van der Waals surface area contributed by atoms with Gasteiger partial charge in [-0.2, -0.15) is 4.72 Å². The minimum absolute atomic E-state index is 0. The summed E-state index contributed by atoms with van der Waals surface area (Å²) in [4.78, 5) is 29.3. The number of amides is 2. The monoisotopic (exact) mass is 569 g/mol. The molecule has 1 saturated carbocycles. The molecule has 40 heavy (non-hydrogen) atoms. The molecular weight excluding hydrogens is 526 g/mol. The molecule has 4 N–H and O–H groups in total. The van der Waals surface area contributed by atoms with Crippen molar-refractivity contribution in [2.24, 2.45) is 11.7 Å². The number of piperazine rings is 1. The first-order valence-corrected chi connectivity index (χ1v) is 15.6. The highest BCUT2D eigenvalue weighted by Crippen LogP contribution is 2.31. The highest BCUT2D eigenvalue weighted by atomic mass is 32.2.